The van der Waals surface area contributed by atoms with Crippen molar-refractivity contribution < 1.29 is 24.1 Å². The van der Waals surface area contributed by atoms with Gasteiger partial charge in [0.25, 0.3) is 0 Å². The van der Waals surface area contributed by atoms with Crippen LogP contribution in [0, 0.1) is 24.6 Å². The summed E-state index contributed by atoms with van der Waals surface area (Å²) in [6, 6.07) is 1.30. The van der Waals surface area contributed by atoms with Crippen LogP contribution in [0.2, 0.25) is 0 Å². The second-order valence-electron chi connectivity index (χ2n) is 8.31. The average Bonchev–Trinajstić information content (AvgIpc) is 3.47. The Kier molecular flexibility index (Phi) is 5.55. The Morgan fingerprint density at radius 3 is 2.60 bits per heavy atom. The first-order chi connectivity index (χ1) is 14.4. The summed E-state index contributed by atoms with van der Waals surface area (Å²) in [5, 5.41) is 19.3. The summed E-state index contributed by atoms with van der Waals surface area (Å²) in [7, 11) is 0. The largest absolute Gasteiger partial charge is 0.477 e. The van der Waals surface area contributed by atoms with Crippen LogP contribution in [0.3, 0.4) is 0 Å². The minimum absolute atomic E-state index is 0.00274. The highest BCUT2D eigenvalue weighted by molar-refractivity contribution is 5.95. The Hall–Kier alpha value is -2.45. The first kappa shape index (κ1) is 20.8. The number of aliphatic hydroxyl groups is 1. The number of carbonyl (C=O) groups is 1. The number of benzene rings is 1. The van der Waals surface area contributed by atoms with Gasteiger partial charge in [-0.15, -0.1) is 0 Å². The van der Waals surface area contributed by atoms with Crippen LogP contribution in [0.15, 0.2) is 17.1 Å². The van der Waals surface area contributed by atoms with Crippen molar-refractivity contribution in [3.8, 4) is 0 Å². The normalized spacial score (nSPS) is 21.5. The van der Waals surface area contributed by atoms with E-state index in [1.807, 2.05) is 16.4 Å². The maximum atomic E-state index is 15.3. The molecule has 1 aliphatic heterocycles. The zero-order valence-corrected chi connectivity index (χ0v) is 17.2. The third-order valence-electron chi connectivity index (χ3n) is 6.31. The Morgan fingerprint density at radius 2 is 2.00 bits per heavy atom. The Labute approximate surface area is 173 Å². The van der Waals surface area contributed by atoms with Crippen LogP contribution in [-0.2, 0) is 4.74 Å². The van der Waals surface area contributed by atoms with E-state index in [9.17, 15) is 19.8 Å². The third kappa shape index (κ3) is 3.48. The highest BCUT2D eigenvalue weighted by Gasteiger charge is 2.36. The molecule has 2 heterocycles. The zero-order valence-electron chi connectivity index (χ0n) is 17.2. The van der Waals surface area contributed by atoms with Crippen molar-refractivity contribution >= 4 is 22.6 Å². The number of carboxylic acid groups (broad SMARTS) is 1. The number of aromatic nitrogens is 1. The molecule has 2 N–H and O–H groups in total. The summed E-state index contributed by atoms with van der Waals surface area (Å²) in [6.07, 6.45) is 3.20. The van der Waals surface area contributed by atoms with Gasteiger partial charge in [-0.05, 0) is 38.3 Å². The number of carboxylic acids is 1. The fourth-order valence-corrected chi connectivity index (χ4v) is 4.64. The van der Waals surface area contributed by atoms with Gasteiger partial charge >= 0.3 is 5.97 Å². The summed E-state index contributed by atoms with van der Waals surface area (Å²) in [5.74, 6) is -1.78. The number of rotatable bonds is 7. The predicted octanol–water partition coefficient (Wildman–Crippen LogP) is 2.56. The Morgan fingerprint density at radius 1 is 1.30 bits per heavy atom. The molecule has 1 saturated heterocycles. The second-order valence-corrected chi connectivity index (χ2v) is 8.31. The summed E-state index contributed by atoms with van der Waals surface area (Å²) >= 11 is 0. The van der Waals surface area contributed by atoms with Gasteiger partial charge in [-0.2, -0.15) is 0 Å². The molecule has 2 fully saturated rings. The van der Waals surface area contributed by atoms with Gasteiger partial charge in [-0.3, -0.25) is 4.79 Å². The third-order valence-corrected chi connectivity index (χ3v) is 6.31. The molecule has 1 aromatic carbocycles. The molecule has 0 bridgehead atoms. The number of aliphatic hydroxyl groups excluding tert-OH is 1. The van der Waals surface area contributed by atoms with Gasteiger partial charge in [0.2, 0.25) is 5.43 Å². The smallest absolute Gasteiger partial charge is 0.341 e. The van der Waals surface area contributed by atoms with Crippen LogP contribution in [0.4, 0.5) is 10.1 Å². The molecule has 0 unspecified atom stereocenters. The molecule has 8 heteroatoms. The molecule has 4 rings (SSSR count). The number of halogens is 1. The van der Waals surface area contributed by atoms with Crippen molar-refractivity contribution in [3.05, 3.63) is 39.4 Å². The van der Waals surface area contributed by atoms with Gasteiger partial charge in [0.15, 0.2) is 0 Å². The maximum absolute atomic E-state index is 15.3. The molecular weight excluding hydrogens is 391 g/mol. The average molecular weight is 418 g/mol. The van der Waals surface area contributed by atoms with Crippen LogP contribution in [0.25, 0.3) is 10.9 Å². The monoisotopic (exact) mass is 418 g/mol. The number of pyridine rings is 1. The lowest BCUT2D eigenvalue weighted by Gasteiger charge is -2.24. The van der Waals surface area contributed by atoms with E-state index in [1.54, 1.807) is 6.92 Å². The van der Waals surface area contributed by atoms with Gasteiger partial charge < -0.3 is 24.4 Å². The SMILES string of the molecule is CCOC[C@@H]1CN(c2c(F)cc3c(=O)c(C(=O)O)cn(C4CC4)c3c2C)C[C@@H]1CO. The lowest BCUT2D eigenvalue weighted by Crippen LogP contribution is -2.25. The molecule has 0 amide bonds. The van der Waals surface area contributed by atoms with E-state index in [1.165, 1.54) is 12.3 Å². The molecule has 1 saturated carbocycles. The van der Waals surface area contributed by atoms with Crippen LogP contribution in [0.5, 0.6) is 0 Å². The number of hydrogen-bond donors (Lipinski definition) is 2. The number of hydrogen-bond acceptors (Lipinski definition) is 5. The number of fused-ring (bicyclic) bond motifs is 1. The fourth-order valence-electron chi connectivity index (χ4n) is 4.64. The van der Waals surface area contributed by atoms with Gasteiger partial charge in [-0.1, -0.05) is 0 Å². The lowest BCUT2D eigenvalue weighted by molar-refractivity contribution is 0.0695. The Bertz CT molecular complexity index is 1050. The van der Waals surface area contributed by atoms with E-state index in [-0.39, 0.29) is 35.4 Å². The molecule has 1 aliphatic carbocycles. The summed E-state index contributed by atoms with van der Waals surface area (Å²) < 4.78 is 22.6. The number of nitrogens with zero attached hydrogens (tertiary/aromatic N) is 2. The Balaban J connectivity index is 1.85. The van der Waals surface area contributed by atoms with Crippen LogP contribution >= 0.6 is 0 Å². The van der Waals surface area contributed by atoms with Crippen LogP contribution in [-0.4, -0.2) is 53.7 Å². The number of aromatic carboxylic acids is 1. The van der Waals surface area contributed by atoms with Crippen molar-refractivity contribution in [2.75, 3.05) is 37.8 Å². The highest BCUT2D eigenvalue weighted by atomic mass is 19.1. The van der Waals surface area contributed by atoms with E-state index in [0.717, 1.165) is 12.8 Å². The maximum Gasteiger partial charge on any atom is 0.341 e. The topological polar surface area (TPSA) is 92.0 Å². The minimum Gasteiger partial charge on any atom is -0.477 e. The first-order valence-electron chi connectivity index (χ1n) is 10.4. The van der Waals surface area contributed by atoms with Crippen LogP contribution in [0.1, 0.15) is 41.7 Å². The summed E-state index contributed by atoms with van der Waals surface area (Å²) in [4.78, 5) is 26.2. The molecule has 1 aromatic heterocycles. The predicted molar refractivity (Wildman–Crippen MR) is 111 cm³/mol. The van der Waals surface area contributed by atoms with E-state index in [2.05, 4.69) is 0 Å². The minimum atomic E-state index is -1.30. The molecule has 162 valence electrons. The van der Waals surface area contributed by atoms with Gasteiger partial charge in [0, 0.05) is 55.8 Å². The van der Waals surface area contributed by atoms with E-state index >= 15 is 4.39 Å². The second kappa shape index (κ2) is 8.00. The van der Waals surface area contributed by atoms with Crippen molar-refractivity contribution in [3.63, 3.8) is 0 Å². The molecular formula is C22H27FN2O5. The fraction of sp³-hybridized carbons (Fsp3) is 0.545. The van der Waals surface area contributed by atoms with Gasteiger partial charge in [0.05, 0.1) is 17.8 Å². The van der Waals surface area contributed by atoms with Gasteiger partial charge in [0.1, 0.15) is 11.4 Å². The van der Waals surface area contributed by atoms with Crippen molar-refractivity contribution in [2.24, 2.45) is 11.8 Å². The number of anilines is 1. The summed E-state index contributed by atoms with van der Waals surface area (Å²) in [5.41, 5.74) is 0.639. The van der Waals surface area contributed by atoms with Crippen molar-refractivity contribution in [1.82, 2.24) is 4.57 Å². The number of ether oxygens (including phenoxy) is 1. The molecule has 2 aliphatic rings. The van der Waals surface area contributed by atoms with Crippen molar-refractivity contribution in [1.29, 1.82) is 0 Å². The summed E-state index contributed by atoms with van der Waals surface area (Å²) in [6.45, 7) is 5.82. The van der Waals surface area contributed by atoms with E-state index < -0.39 is 17.2 Å². The van der Waals surface area contributed by atoms with E-state index in [0.29, 0.717) is 43.1 Å². The molecule has 0 radical (unpaired) electrons. The molecule has 2 atom stereocenters. The molecule has 0 spiro atoms. The lowest BCUT2D eigenvalue weighted by atomic mass is 9.98. The van der Waals surface area contributed by atoms with Crippen LogP contribution < -0.4 is 10.3 Å². The zero-order chi connectivity index (χ0) is 21.6. The first-order valence-corrected chi connectivity index (χ1v) is 10.4. The standard InChI is InChI=1S/C22H27FN2O5/c1-3-30-11-14-8-24(7-13(14)10-26)20-12(2)19-16(6-18(20)23)21(27)17(22(28)29)9-25(19)15-4-5-15/h6,9,13-15,26H,3-5,7-8,10-11H2,1-2H3,(H,28,29)/t13-,14+/m1/s1. The van der Waals surface area contributed by atoms with Gasteiger partial charge in [-0.25, -0.2) is 9.18 Å². The van der Waals surface area contributed by atoms with E-state index in [4.69, 9.17) is 4.74 Å². The molecule has 30 heavy (non-hydrogen) atoms. The van der Waals surface area contributed by atoms with Crippen molar-refractivity contribution in [2.45, 2.75) is 32.7 Å². The highest BCUT2D eigenvalue weighted by Crippen LogP contribution is 2.41. The quantitative estimate of drug-likeness (QED) is 0.718. The number of aryl methyl sites for hydroxylation is 1. The molecule has 7 nitrogen and oxygen atoms in total. The molecule has 2 aromatic rings.